The lowest BCUT2D eigenvalue weighted by molar-refractivity contribution is -0.131. The van der Waals surface area contributed by atoms with Gasteiger partial charge in [0.2, 0.25) is 0 Å². The van der Waals surface area contributed by atoms with Crippen molar-refractivity contribution < 1.29 is 14.6 Å². The fraction of sp³-hybridized carbons (Fsp3) is 0.0769. The number of methoxy groups -OCH3 is 1. The van der Waals surface area contributed by atoms with Gasteiger partial charge in [-0.25, -0.2) is 4.79 Å². The van der Waals surface area contributed by atoms with Crippen molar-refractivity contribution in [2.24, 2.45) is 0 Å². The number of nitrogens with zero attached hydrogens (tertiary/aromatic N) is 1. The van der Waals surface area contributed by atoms with E-state index in [0.717, 1.165) is 50.4 Å². The third kappa shape index (κ3) is 4.63. The summed E-state index contributed by atoms with van der Waals surface area (Å²) in [6.07, 6.45) is 4.54. The molecule has 0 saturated heterocycles. The zero-order valence-electron chi connectivity index (χ0n) is 17.1. The van der Waals surface area contributed by atoms with Gasteiger partial charge in [0, 0.05) is 18.6 Å². The number of rotatable bonds is 7. The molecule has 0 spiro atoms. The number of hydrogen-bond donors (Lipinski definition) is 2. The Kier molecular flexibility index (Phi) is 6.05. The topological polar surface area (TPSA) is 75.2 Å². The van der Waals surface area contributed by atoms with Crippen molar-refractivity contribution in [3.63, 3.8) is 0 Å². The predicted molar refractivity (Wildman–Crippen MR) is 123 cm³/mol. The van der Waals surface area contributed by atoms with Gasteiger partial charge in [0.05, 0.1) is 18.3 Å². The molecule has 1 heterocycles. The Hall–Kier alpha value is -3.96. The third-order valence-electron chi connectivity index (χ3n) is 5.06. The average Bonchev–Trinajstić information content (AvgIpc) is 3.27. The number of ether oxygens (including phenoxy) is 1. The van der Waals surface area contributed by atoms with Crippen LogP contribution in [0.1, 0.15) is 22.3 Å². The molecule has 31 heavy (non-hydrogen) atoms. The van der Waals surface area contributed by atoms with Crippen LogP contribution < -0.4 is 0 Å². The number of carboxylic acid groups (broad SMARTS) is 1. The maximum absolute atomic E-state index is 10.8. The highest BCUT2D eigenvalue weighted by Crippen LogP contribution is 2.34. The van der Waals surface area contributed by atoms with Crippen LogP contribution in [0, 0.1) is 0 Å². The van der Waals surface area contributed by atoms with Crippen molar-refractivity contribution in [1.82, 2.24) is 10.2 Å². The molecule has 4 rings (SSSR count). The van der Waals surface area contributed by atoms with Gasteiger partial charge in [0.25, 0.3) is 0 Å². The second-order valence-corrected chi connectivity index (χ2v) is 7.12. The lowest BCUT2D eigenvalue weighted by atomic mass is 9.89. The summed E-state index contributed by atoms with van der Waals surface area (Å²) in [4.78, 5) is 10.8. The summed E-state index contributed by atoms with van der Waals surface area (Å²) in [5.74, 6) is -0.968. The molecule has 0 aliphatic heterocycles. The number of H-pyrrole nitrogens is 1. The maximum Gasteiger partial charge on any atom is 0.328 e. The van der Waals surface area contributed by atoms with Crippen molar-refractivity contribution in [2.75, 3.05) is 13.7 Å². The lowest BCUT2D eigenvalue weighted by Gasteiger charge is -2.17. The Morgan fingerprint density at radius 3 is 2.45 bits per heavy atom. The summed E-state index contributed by atoms with van der Waals surface area (Å²) in [6.45, 7) is 0.448. The van der Waals surface area contributed by atoms with Crippen LogP contribution in [0.15, 0.2) is 85.1 Å². The van der Waals surface area contributed by atoms with Gasteiger partial charge in [0.15, 0.2) is 0 Å². The van der Waals surface area contributed by atoms with E-state index in [9.17, 15) is 4.79 Å². The summed E-state index contributed by atoms with van der Waals surface area (Å²) in [5, 5.41) is 17.0. The van der Waals surface area contributed by atoms with Gasteiger partial charge in [-0.15, -0.1) is 0 Å². The molecule has 1 aromatic heterocycles. The molecule has 0 atom stereocenters. The Bertz CT molecular complexity index is 1250. The molecule has 0 aliphatic carbocycles. The number of fused-ring (bicyclic) bond motifs is 1. The molecule has 4 aromatic rings. The van der Waals surface area contributed by atoms with Gasteiger partial charge in [-0.3, -0.25) is 5.10 Å². The van der Waals surface area contributed by atoms with Crippen LogP contribution in [-0.2, 0) is 9.53 Å². The maximum atomic E-state index is 10.8. The summed E-state index contributed by atoms with van der Waals surface area (Å²) < 4.78 is 5.59. The highest BCUT2D eigenvalue weighted by Gasteiger charge is 2.15. The molecule has 0 amide bonds. The van der Waals surface area contributed by atoms with Crippen LogP contribution in [0.25, 0.3) is 28.1 Å². The monoisotopic (exact) mass is 410 g/mol. The smallest absolute Gasteiger partial charge is 0.328 e. The largest absolute Gasteiger partial charge is 0.478 e. The minimum atomic E-state index is -0.968. The lowest BCUT2D eigenvalue weighted by Crippen LogP contribution is -2.01. The van der Waals surface area contributed by atoms with Crippen molar-refractivity contribution in [1.29, 1.82) is 0 Å². The molecule has 0 aliphatic rings. The molecule has 0 fully saturated rings. The molecule has 3 aromatic carbocycles. The van der Waals surface area contributed by atoms with Crippen molar-refractivity contribution in [3.05, 3.63) is 107 Å². The van der Waals surface area contributed by atoms with E-state index in [2.05, 4.69) is 34.5 Å². The average molecular weight is 410 g/mol. The first kappa shape index (κ1) is 20.3. The third-order valence-corrected chi connectivity index (χ3v) is 5.06. The van der Waals surface area contributed by atoms with Gasteiger partial charge in [0.1, 0.15) is 0 Å². The van der Waals surface area contributed by atoms with E-state index >= 15 is 0 Å². The fourth-order valence-electron chi connectivity index (χ4n) is 3.63. The van der Waals surface area contributed by atoms with Crippen LogP contribution in [0.5, 0.6) is 0 Å². The first-order valence-electron chi connectivity index (χ1n) is 9.88. The predicted octanol–water partition coefficient (Wildman–Crippen LogP) is 5.27. The van der Waals surface area contributed by atoms with Gasteiger partial charge in [-0.2, -0.15) is 5.10 Å². The molecule has 0 saturated carbocycles. The van der Waals surface area contributed by atoms with E-state index in [0.29, 0.717) is 6.61 Å². The van der Waals surface area contributed by atoms with Crippen molar-refractivity contribution in [3.8, 4) is 0 Å². The van der Waals surface area contributed by atoms with Gasteiger partial charge < -0.3 is 9.84 Å². The number of aromatic amines is 1. The van der Waals surface area contributed by atoms with E-state index in [1.54, 1.807) is 13.2 Å². The standard InChI is InChI=1S/C26H22N2O3/c1-31-17-23(19-5-3-2-4-6-19)26(21-12-13-24-22(15-21)16-27-28-24)20-10-7-18(8-11-20)9-14-25(29)30/h2-16H,17H2,1H3,(H,27,28)(H,29,30)/b14-9+,26-23+. The SMILES string of the molecule is COC/C(=C(/c1ccc(/C=C/C(=O)O)cc1)c1ccc2[nH]ncc2c1)c1ccccc1. The van der Waals surface area contributed by atoms with E-state index in [1.165, 1.54) is 0 Å². The number of nitrogens with one attached hydrogen (secondary N) is 1. The van der Waals surface area contributed by atoms with E-state index in [1.807, 2.05) is 54.7 Å². The first-order chi connectivity index (χ1) is 15.2. The molecule has 5 nitrogen and oxygen atoms in total. The van der Waals surface area contributed by atoms with E-state index < -0.39 is 5.97 Å². The molecule has 2 N–H and O–H groups in total. The normalized spacial score (nSPS) is 12.3. The number of carboxylic acids is 1. The zero-order valence-corrected chi connectivity index (χ0v) is 17.1. The van der Waals surface area contributed by atoms with Crippen LogP contribution in [0.4, 0.5) is 0 Å². The molecule has 0 radical (unpaired) electrons. The quantitative estimate of drug-likeness (QED) is 0.322. The van der Waals surface area contributed by atoms with E-state index in [-0.39, 0.29) is 0 Å². The fourth-order valence-corrected chi connectivity index (χ4v) is 3.63. The zero-order chi connectivity index (χ0) is 21.6. The summed E-state index contributed by atoms with van der Waals surface area (Å²) in [6, 6.07) is 24.3. The highest BCUT2D eigenvalue weighted by molar-refractivity contribution is 6.01. The molecular formula is C26H22N2O3. The van der Waals surface area contributed by atoms with Crippen molar-refractivity contribution >= 4 is 34.1 Å². The molecular weight excluding hydrogens is 388 g/mol. The Balaban J connectivity index is 1.91. The van der Waals surface area contributed by atoms with Crippen LogP contribution >= 0.6 is 0 Å². The summed E-state index contributed by atoms with van der Waals surface area (Å²) in [5.41, 5.74) is 7.09. The van der Waals surface area contributed by atoms with Gasteiger partial charge >= 0.3 is 5.97 Å². The van der Waals surface area contributed by atoms with Gasteiger partial charge in [-0.05, 0) is 51.6 Å². The number of aromatic nitrogens is 2. The minimum absolute atomic E-state index is 0.448. The number of hydrogen-bond acceptors (Lipinski definition) is 3. The number of carbonyl (C=O) groups is 1. The molecule has 0 bridgehead atoms. The van der Waals surface area contributed by atoms with Crippen molar-refractivity contribution in [2.45, 2.75) is 0 Å². The van der Waals surface area contributed by atoms with Crippen LogP contribution in [0.3, 0.4) is 0 Å². The molecule has 5 heteroatoms. The Labute approximate surface area is 180 Å². The second kappa shape index (κ2) is 9.24. The Morgan fingerprint density at radius 2 is 1.74 bits per heavy atom. The van der Waals surface area contributed by atoms with Crippen LogP contribution in [0.2, 0.25) is 0 Å². The number of aliphatic carboxylic acids is 1. The summed E-state index contributed by atoms with van der Waals surface area (Å²) >= 11 is 0. The minimum Gasteiger partial charge on any atom is -0.478 e. The Morgan fingerprint density at radius 1 is 1.00 bits per heavy atom. The van der Waals surface area contributed by atoms with Crippen LogP contribution in [-0.4, -0.2) is 35.0 Å². The van der Waals surface area contributed by atoms with E-state index in [4.69, 9.17) is 9.84 Å². The molecule has 0 unspecified atom stereocenters. The summed E-state index contributed by atoms with van der Waals surface area (Å²) in [7, 11) is 1.69. The number of benzene rings is 3. The second-order valence-electron chi connectivity index (χ2n) is 7.12. The van der Waals surface area contributed by atoms with Gasteiger partial charge in [-0.1, -0.05) is 60.7 Å². The molecule has 154 valence electrons. The highest BCUT2D eigenvalue weighted by atomic mass is 16.5. The first-order valence-corrected chi connectivity index (χ1v) is 9.88.